The van der Waals surface area contributed by atoms with Crippen LogP contribution in [0.5, 0.6) is 11.5 Å². The molecule has 1 heterocycles. The summed E-state index contributed by atoms with van der Waals surface area (Å²) in [6.07, 6.45) is 0.972. The van der Waals surface area contributed by atoms with Crippen LogP contribution in [0.1, 0.15) is 18.9 Å². The van der Waals surface area contributed by atoms with Crippen LogP contribution in [0.4, 0.5) is 0 Å². The van der Waals surface area contributed by atoms with Crippen LogP contribution in [-0.2, 0) is 6.54 Å². The van der Waals surface area contributed by atoms with E-state index in [1.165, 1.54) is 0 Å². The molecule has 130 valence electrons. The van der Waals surface area contributed by atoms with Crippen molar-refractivity contribution in [3.63, 3.8) is 0 Å². The number of thioether (sulfide) groups is 1. The maximum atomic E-state index is 6.07. The zero-order chi connectivity index (χ0) is 15.8. The minimum absolute atomic E-state index is 0. The molecule has 0 aromatic heterocycles. The van der Waals surface area contributed by atoms with Gasteiger partial charge in [0, 0.05) is 24.6 Å². The minimum Gasteiger partial charge on any atom is -0.493 e. The van der Waals surface area contributed by atoms with E-state index in [0.717, 1.165) is 48.1 Å². The topological polar surface area (TPSA) is 60.1 Å². The molecule has 1 fully saturated rings. The molecule has 2 N–H and O–H groups in total. The summed E-state index contributed by atoms with van der Waals surface area (Å²) < 4.78 is 11.0. The van der Waals surface area contributed by atoms with Gasteiger partial charge in [0.2, 0.25) is 0 Å². The van der Waals surface area contributed by atoms with Crippen molar-refractivity contribution in [3.05, 3.63) is 23.8 Å². The lowest BCUT2D eigenvalue weighted by Gasteiger charge is -2.27. The zero-order valence-corrected chi connectivity index (χ0v) is 16.9. The Kier molecular flexibility index (Phi) is 9.54. The Bertz CT molecular complexity index is 508. The van der Waals surface area contributed by atoms with Crippen LogP contribution in [0, 0.1) is 0 Å². The summed E-state index contributed by atoms with van der Waals surface area (Å²) in [6.45, 7) is 5.28. The summed E-state index contributed by atoms with van der Waals surface area (Å²) in [5.41, 5.74) is 7.14. The van der Waals surface area contributed by atoms with E-state index >= 15 is 0 Å². The Morgan fingerprint density at radius 2 is 2.04 bits per heavy atom. The summed E-state index contributed by atoms with van der Waals surface area (Å²) >= 11 is 1.96. The molecule has 1 aromatic carbocycles. The molecule has 1 aliphatic rings. The first-order valence-electron chi connectivity index (χ1n) is 7.67. The Morgan fingerprint density at radius 3 is 2.70 bits per heavy atom. The number of hydrogen-bond donors (Lipinski definition) is 1. The number of rotatable bonds is 6. The molecule has 0 radical (unpaired) electrons. The number of guanidine groups is 1. The zero-order valence-electron chi connectivity index (χ0n) is 13.8. The van der Waals surface area contributed by atoms with Gasteiger partial charge in [0.25, 0.3) is 0 Å². The van der Waals surface area contributed by atoms with E-state index in [0.29, 0.717) is 19.1 Å². The van der Waals surface area contributed by atoms with Gasteiger partial charge in [-0.05, 0) is 24.1 Å². The molecule has 0 aliphatic carbocycles. The first kappa shape index (κ1) is 20.2. The third-order valence-electron chi connectivity index (χ3n) is 3.45. The van der Waals surface area contributed by atoms with Gasteiger partial charge in [-0.25, -0.2) is 4.99 Å². The minimum atomic E-state index is 0. The number of benzene rings is 1. The Balaban J connectivity index is 0.00000264. The normalized spacial score (nSPS) is 15.0. The summed E-state index contributed by atoms with van der Waals surface area (Å²) in [5, 5.41) is 0. The highest BCUT2D eigenvalue weighted by atomic mass is 127. The lowest BCUT2D eigenvalue weighted by atomic mass is 10.2. The van der Waals surface area contributed by atoms with Gasteiger partial charge in [-0.15, -0.1) is 24.0 Å². The molecule has 2 rings (SSSR count). The third kappa shape index (κ3) is 6.29. The molecule has 1 saturated heterocycles. The maximum absolute atomic E-state index is 6.07. The van der Waals surface area contributed by atoms with E-state index in [9.17, 15) is 0 Å². The molecule has 0 bridgehead atoms. The van der Waals surface area contributed by atoms with E-state index in [1.54, 1.807) is 7.11 Å². The highest BCUT2D eigenvalue weighted by Crippen LogP contribution is 2.28. The monoisotopic (exact) mass is 451 g/mol. The van der Waals surface area contributed by atoms with Crippen molar-refractivity contribution in [1.29, 1.82) is 0 Å². The highest BCUT2D eigenvalue weighted by molar-refractivity contribution is 14.0. The van der Waals surface area contributed by atoms with Crippen LogP contribution < -0.4 is 15.2 Å². The van der Waals surface area contributed by atoms with E-state index in [1.807, 2.05) is 30.0 Å². The first-order valence-corrected chi connectivity index (χ1v) is 8.82. The van der Waals surface area contributed by atoms with Crippen LogP contribution in [-0.4, -0.2) is 49.2 Å². The molecule has 7 heteroatoms. The van der Waals surface area contributed by atoms with E-state index in [2.05, 4.69) is 16.8 Å². The van der Waals surface area contributed by atoms with Crippen LogP contribution in [0.3, 0.4) is 0 Å². The summed E-state index contributed by atoms with van der Waals surface area (Å²) in [4.78, 5) is 6.65. The average Bonchev–Trinajstić information content (AvgIpc) is 2.58. The number of aliphatic imine (C=N–C) groups is 1. The van der Waals surface area contributed by atoms with Crippen molar-refractivity contribution in [2.45, 2.75) is 19.9 Å². The Hall–Kier alpha value is -0.830. The highest BCUT2D eigenvalue weighted by Gasteiger charge is 2.12. The summed E-state index contributed by atoms with van der Waals surface area (Å²) in [6, 6.07) is 5.91. The van der Waals surface area contributed by atoms with Crippen molar-refractivity contribution in [1.82, 2.24) is 4.90 Å². The van der Waals surface area contributed by atoms with Crippen LogP contribution in [0.2, 0.25) is 0 Å². The van der Waals surface area contributed by atoms with Gasteiger partial charge >= 0.3 is 0 Å². The molecular formula is C16H26IN3O2S. The molecular weight excluding hydrogens is 425 g/mol. The summed E-state index contributed by atoms with van der Waals surface area (Å²) in [7, 11) is 1.65. The fraction of sp³-hybridized carbons (Fsp3) is 0.562. The lowest BCUT2D eigenvalue weighted by Crippen LogP contribution is -2.42. The van der Waals surface area contributed by atoms with Crippen LogP contribution in [0.25, 0.3) is 0 Å². The van der Waals surface area contributed by atoms with Crippen LogP contribution >= 0.6 is 35.7 Å². The fourth-order valence-corrected chi connectivity index (χ4v) is 3.11. The van der Waals surface area contributed by atoms with E-state index in [-0.39, 0.29) is 24.0 Å². The molecule has 0 amide bonds. The van der Waals surface area contributed by atoms with E-state index < -0.39 is 0 Å². The van der Waals surface area contributed by atoms with Gasteiger partial charge in [-0.1, -0.05) is 13.0 Å². The van der Waals surface area contributed by atoms with Gasteiger partial charge < -0.3 is 20.1 Å². The Labute approximate surface area is 160 Å². The van der Waals surface area contributed by atoms with Gasteiger partial charge in [0.15, 0.2) is 17.5 Å². The average molecular weight is 451 g/mol. The molecule has 23 heavy (non-hydrogen) atoms. The van der Waals surface area contributed by atoms with Gasteiger partial charge in [0.05, 0.1) is 20.3 Å². The fourth-order valence-electron chi connectivity index (χ4n) is 2.21. The van der Waals surface area contributed by atoms with E-state index in [4.69, 9.17) is 15.2 Å². The number of halogens is 1. The maximum Gasteiger partial charge on any atom is 0.191 e. The van der Waals surface area contributed by atoms with Crippen molar-refractivity contribution >= 4 is 41.7 Å². The van der Waals surface area contributed by atoms with Crippen molar-refractivity contribution in [2.24, 2.45) is 10.7 Å². The molecule has 0 saturated carbocycles. The number of ether oxygens (including phenoxy) is 2. The van der Waals surface area contributed by atoms with Crippen molar-refractivity contribution < 1.29 is 9.47 Å². The number of methoxy groups -OCH3 is 1. The largest absolute Gasteiger partial charge is 0.493 e. The van der Waals surface area contributed by atoms with Gasteiger partial charge in [-0.3, -0.25) is 0 Å². The lowest BCUT2D eigenvalue weighted by molar-refractivity contribution is 0.294. The predicted octanol–water partition coefficient (Wildman–Crippen LogP) is 2.97. The second-order valence-corrected chi connectivity index (χ2v) is 6.33. The SMILES string of the molecule is CCCOc1ccc(CN=C(N)N2CCSCC2)cc1OC.I. The standard InChI is InChI=1S/C16H25N3O2S.HI/c1-3-8-21-14-5-4-13(11-15(14)20-2)12-18-16(17)19-6-9-22-10-7-19;/h4-5,11H,3,6-10,12H2,1-2H3,(H2,17,18);1H. The smallest absolute Gasteiger partial charge is 0.191 e. The molecule has 0 unspecified atom stereocenters. The van der Waals surface area contributed by atoms with Crippen LogP contribution in [0.15, 0.2) is 23.2 Å². The van der Waals surface area contributed by atoms with Crippen molar-refractivity contribution in [2.75, 3.05) is 38.3 Å². The number of nitrogens with two attached hydrogens (primary N) is 1. The molecule has 0 spiro atoms. The number of nitrogens with zero attached hydrogens (tertiary/aromatic N) is 2. The number of hydrogen-bond acceptors (Lipinski definition) is 4. The summed E-state index contributed by atoms with van der Waals surface area (Å²) in [5.74, 6) is 4.39. The first-order chi connectivity index (χ1) is 10.7. The van der Waals surface area contributed by atoms with Crippen molar-refractivity contribution in [3.8, 4) is 11.5 Å². The Morgan fingerprint density at radius 1 is 1.30 bits per heavy atom. The van der Waals surface area contributed by atoms with Gasteiger partial charge in [0.1, 0.15) is 0 Å². The van der Waals surface area contributed by atoms with Gasteiger partial charge in [-0.2, -0.15) is 11.8 Å². The predicted molar refractivity (Wildman–Crippen MR) is 108 cm³/mol. The molecule has 1 aliphatic heterocycles. The quantitative estimate of drug-likeness (QED) is 0.410. The second kappa shape index (κ2) is 10.9. The molecule has 5 nitrogen and oxygen atoms in total. The molecule has 0 atom stereocenters. The second-order valence-electron chi connectivity index (χ2n) is 5.11. The molecule has 1 aromatic rings. The third-order valence-corrected chi connectivity index (χ3v) is 4.39.